The molecule has 4 heteroatoms. The average molecular weight is 336 g/mol. The minimum Gasteiger partial charge on any atom is -0.347 e. The summed E-state index contributed by atoms with van der Waals surface area (Å²) in [6.45, 7) is 4.48. The Morgan fingerprint density at radius 1 is 1.00 bits per heavy atom. The third-order valence-electron chi connectivity index (χ3n) is 3.82. The van der Waals surface area contributed by atoms with Gasteiger partial charge in [-0.25, -0.2) is 4.98 Å². The quantitative estimate of drug-likeness (QED) is 0.755. The van der Waals surface area contributed by atoms with Crippen molar-refractivity contribution in [1.29, 1.82) is 0 Å². The third-order valence-corrected chi connectivity index (χ3v) is 4.98. The lowest BCUT2D eigenvalue weighted by molar-refractivity contribution is 0.0954. The molecule has 1 N–H and O–H groups in total. The molecular weight excluding hydrogens is 316 g/mol. The van der Waals surface area contributed by atoms with Crippen LogP contribution in [-0.4, -0.2) is 10.9 Å². The summed E-state index contributed by atoms with van der Waals surface area (Å²) in [6, 6.07) is 18.4. The molecular formula is C20H20N2OS. The second-order valence-corrected chi connectivity index (χ2v) is 6.94. The molecule has 2 aromatic carbocycles. The SMILES string of the molecule is Cc1ccc(CNC(=O)c2sc(Cc3ccccc3)nc2C)cc1. The number of hydrogen-bond acceptors (Lipinski definition) is 3. The second-order valence-electron chi connectivity index (χ2n) is 5.85. The minimum atomic E-state index is -0.0510. The summed E-state index contributed by atoms with van der Waals surface area (Å²) in [4.78, 5) is 17.7. The summed E-state index contributed by atoms with van der Waals surface area (Å²) in [5.41, 5.74) is 4.32. The molecule has 1 amide bonds. The van der Waals surface area contributed by atoms with Crippen molar-refractivity contribution in [2.24, 2.45) is 0 Å². The Bertz CT molecular complexity index is 823. The van der Waals surface area contributed by atoms with Gasteiger partial charge in [-0.2, -0.15) is 0 Å². The molecule has 122 valence electrons. The van der Waals surface area contributed by atoms with Crippen LogP contribution in [-0.2, 0) is 13.0 Å². The van der Waals surface area contributed by atoms with Gasteiger partial charge >= 0.3 is 0 Å². The number of nitrogens with zero attached hydrogens (tertiary/aromatic N) is 1. The Kier molecular flexibility index (Phi) is 5.06. The maximum atomic E-state index is 12.4. The van der Waals surface area contributed by atoms with Gasteiger partial charge in [-0.1, -0.05) is 60.2 Å². The van der Waals surface area contributed by atoms with E-state index in [4.69, 9.17) is 0 Å². The average Bonchev–Trinajstić information content (AvgIpc) is 2.95. The smallest absolute Gasteiger partial charge is 0.263 e. The van der Waals surface area contributed by atoms with Gasteiger partial charge in [0.2, 0.25) is 0 Å². The lowest BCUT2D eigenvalue weighted by Crippen LogP contribution is -2.22. The lowest BCUT2D eigenvalue weighted by Gasteiger charge is -2.04. The van der Waals surface area contributed by atoms with Crippen molar-refractivity contribution in [2.45, 2.75) is 26.8 Å². The first kappa shape index (κ1) is 16.4. The maximum Gasteiger partial charge on any atom is 0.263 e. The van der Waals surface area contributed by atoms with E-state index in [1.807, 2.05) is 37.3 Å². The van der Waals surface area contributed by atoms with Crippen molar-refractivity contribution >= 4 is 17.2 Å². The topological polar surface area (TPSA) is 42.0 Å². The highest BCUT2D eigenvalue weighted by Crippen LogP contribution is 2.21. The molecule has 0 unspecified atom stereocenters. The van der Waals surface area contributed by atoms with Crippen molar-refractivity contribution in [3.63, 3.8) is 0 Å². The number of rotatable bonds is 5. The van der Waals surface area contributed by atoms with Crippen LogP contribution in [0.1, 0.15) is 37.1 Å². The number of hydrogen-bond donors (Lipinski definition) is 1. The zero-order valence-corrected chi connectivity index (χ0v) is 14.7. The fraction of sp³-hybridized carbons (Fsp3) is 0.200. The standard InChI is InChI=1S/C20H20N2OS/c1-14-8-10-17(11-9-14)13-21-20(23)19-15(2)22-18(24-19)12-16-6-4-3-5-7-16/h3-11H,12-13H2,1-2H3,(H,21,23). The zero-order valence-electron chi connectivity index (χ0n) is 13.9. The molecule has 0 radical (unpaired) electrons. The fourth-order valence-corrected chi connectivity index (χ4v) is 3.49. The largest absolute Gasteiger partial charge is 0.347 e. The molecule has 0 bridgehead atoms. The number of aryl methyl sites for hydroxylation is 2. The number of carbonyl (C=O) groups is 1. The van der Waals surface area contributed by atoms with Crippen LogP contribution in [0.25, 0.3) is 0 Å². The second kappa shape index (κ2) is 7.41. The Balaban J connectivity index is 1.65. The van der Waals surface area contributed by atoms with Crippen LogP contribution < -0.4 is 5.32 Å². The van der Waals surface area contributed by atoms with Crippen molar-refractivity contribution in [2.75, 3.05) is 0 Å². The van der Waals surface area contributed by atoms with Crippen molar-refractivity contribution in [3.8, 4) is 0 Å². The highest BCUT2D eigenvalue weighted by molar-refractivity contribution is 7.13. The Morgan fingerprint density at radius 2 is 1.71 bits per heavy atom. The molecule has 1 aromatic heterocycles. The van der Waals surface area contributed by atoms with Crippen LogP contribution in [0.3, 0.4) is 0 Å². The van der Waals surface area contributed by atoms with E-state index in [0.717, 1.165) is 22.7 Å². The first-order valence-electron chi connectivity index (χ1n) is 7.96. The van der Waals surface area contributed by atoms with Crippen LogP contribution in [0.15, 0.2) is 54.6 Å². The maximum absolute atomic E-state index is 12.4. The monoisotopic (exact) mass is 336 g/mol. The van der Waals surface area contributed by atoms with Gasteiger partial charge in [-0.15, -0.1) is 11.3 Å². The normalized spacial score (nSPS) is 10.6. The molecule has 0 aliphatic carbocycles. The van der Waals surface area contributed by atoms with Crippen LogP contribution >= 0.6 is 11.3 Å². The highest BCUT2D eigenvalue weighted by atomic mass is 32.1. The van der Waals surface area contributed by atoms with E-state index in [1.165, 1.54) is 22.5 Å². The van der Waals surface area contributed by atoms with Crippen LogP contribution in [0.4, 0.5) is 0 Å². The number of amides is 1. The van der Waals surface area contributed by atoms with Gasteiger partial charge in [-0.05, 0) is 25.0 Å². The molecule has 3 nitrogen and oxygen atoms in total. The van der Waals surface area contributed by atoms with Gasteiger partial charge in [0.1, 0.15) is 4.88 Å². The lowest BCUT2D eigenvalue weighted by atomic mass is 10.1. The van der Waals surface area contributed by atoms with Crippen molar-refractivity contribution in [3.05, 3.63) is 86.9 Å². The van der Waals surface area contributed by atoms with E-state index in [-0.39, 0.29) is 5.91 Å². The van der Waals surface area contributed by atoms with Gasteiger partial charge in [0.15, 0.2) is 0 Å². The summed E-state index contributed by atoms with van der Waals surface area (Å²) in [5.74, 6) is -0.0510. The first-order valence-corrected chi connectivity index (χ1v) is 8.77. The van der Waals surface area contributed by atoms with Gasteiger partial charge in [0, 0.05) is 13.0 Å². The summed E-state index contributed by atoms with van der Waals surface area (Å²) in [5, 5.41) is 3.96. The Hall–Kier alpha value is -2.46. The van der Waals surface area contributed by atoms with E-state index in [2.05, 4.69) is 41.5 Å². The van der Waals surface area contributed by atoms with E-state index in [0.29, 0.717) is 11.4 Å². The van der Waals surface area contributed by atoms with Gasteiger partial charge in [-0.3, -0.25) is 4.79 Å². The Morgan fingerprint density at radius 3 is 2.42 bits per heavy atom. The molecule has 3 aromatic rings. The molecule has 3 rings (SSSR count). The molecule has 0 saturated heterocycles. The summed E-state index contributed by atoms with van der Waals surface area (Å²) < 4.78 is 0. The molecule has 0 aliphatic rings. The van der Waals surface area contributed by atoms with E-state index >= 15 is 0 Å². The van der Waals surface area contributed by atoms with Gasteiger partial charge in [0.05, 0.1) is 10.7 Å². The first-order chi connectivity index (χ1) is 11.6. The number of benzene rings is 2. The Labute approximate surface area is 146 Å². The van der Waals surface area contributed by atoms with Gasteiger partial charge in [0.25, 0.3) is 5.91 Å². The predicted octanol–water partition coefficient (Wildman–Crippen LogP) is 4.28. The summed E-state index contributed by atoms with van der Waals surface area (Å²) >= 11 is 1.48. The van der Waals surface area contributed by atoms with Gasteiger partial charge < -0.3 is 5.32 Å². The van der Waals surface area contributed by atoms with E-state index in [1.54, 1.807) is 0 Å². The van der Waals surface area contributed by atoms with E-state index < -0.39 is 0 Å². The summed E-state index contributed by atoms with van der Waals surface area (Å²) in [6.07, 6.45) is 0.761. The highest BCUT2D eigenvalue weighted by Gasteiger charge is 2.15. The van der Waals surface area contributed by atoms with Crippen LogP contribution in [0.5, 0.6) is 0 Å². The number of aromatic nitrogens is 1. The molecule has 0 fully saturated rings. The molecule has 1 heterocycles. The molecule has 0 atom stereocenters. The number of carbonyl (C=O) groups excluding carboxylic acids is 1. The zero-order chi connectivity index (χ0) is 16.9. The number of thiazole rings is 1. The molecule has 0 saturated carbocycles. The van der Waals surface area contributed by atoms with E-state index in [9.17, 15) is 4.79 Å². The molecule has 0 aliphatic heterocycles. The van der Waals surface area contributed by atoms with Crippen molar-refractivity contribution < 1.29 is 4.79 Å². The van der Waals surface area contributed by atoms with Crippen LogP contribution in [0.2, 0.25) is 0 Å². The molecule has 0 spiro atoms. The number of nitrogens with one attached hydrogen (secondary N) is 1. The predicted molar refractivity (Wildman–Crippen MR) is 98.4 cm³/mol. The van der Waals surface area contributed by atoms with Crippen molar-refractivity contribution in [1.82, 2.24) is 10.3 Å². The molecule has 24 heavy (non-hydrogen) atoms. The van der Waals surface area contributed by atoms with Crippen LogP contribution in [0, 0.1) is 13.8 Å². The fourth-order valence-electron chi connectivity index (χ4n) is 2.48. The third kappa shape index (κ3) is 4.09. The minimum absolute atomic E-state index is 0.0510. The summed E-state index contributed by atoms with van der Waals surface area (Å²) in [7, 11) is 0.